The molecular formula is C15H13F2N3O3S2. The highest BCUT2D eigenvalue weighted by Crippen LogP contribution is 2.31. The highest BCUT2D eigenvalue weighted by atomic mass is 32.2. The summed E-state index contributed by atoms with van der Waals surface area (Å²) in [6, 6.07) is 7.01. The van der Waals surface area contributed by atoms with Crippen molar-refractivity contribution in [2.45, 2.75) is 27.6 Å². The first-order valence-electron chi connectivity index (χ1n) is 7.04. The lowest BCUT2D eigenvalue weighted by molar-refractivity contribution is 0.234. The molecule has 0 aliphatic rings. The molecule has 3 aromatic rings. The zero-order valence-electron chi connectivity index (χ0n) is 13.2. The molecule has 0 bridgehead atoms. The van der Waals surface area contributed by atoms with Crippen LogP contribution in [-0.4, -0.2) is 28.9 Å². The van der Waals surface area contributed by atoms with Crippen molar-refractivity contribution in [3.63, 3.8) is 0 Å². The summed E-state index contributed by atoms with van der Waals surface area (Å²) < 4.78 is 55.0. The fraction of sp³-hybridized carbons (Fsp3) is 0.200. The van der Waals surface area contributed by atoms with E-state index in [4.69, 9.17) is 4.42 Å². The normalized spacial score (nSPS) is 12.0. The lowest BCUT2D eigenvalue weighted by Crippen LogP contribution is -2.11. The van der Waals surface area contributed by atoms with Crippen LogP contribution in [0, 0.1) is 6.92 Å². The fourth-order valence-electron chi connectivity index (χ4n) is 2.16. The summed E-state index contributed by atoms with van der Waals surface area (Å²) >= 11 is 1.24. The fourth-order valence-corrected chi connectivity index (χ4v) is 3.67. The minimum absolute atomic E-state index is 0.417. The van der Waals surface area contributed by atoms with Gasteiger partial charge in [0, 0.05) is 11.9 Å². The first kappa shape index (κ1) is 17.6. The topological polar surface area (TPSA) is 78.0 Å². The second-order valence-electron chi connectivity index (χ2n) is 5.13. The molecule has 0 saturated carbocycles. The van der Waals surface area contributed by atoms with Crippen LogP contribution in [0.4, 0.5) is 8.78 Å². The van der Waals surface area contributed by atoms with Crippen LogP contribution in [0.1, 0.15) is 5.76 Å². The molecule has 1 aromatic carbocycles. The average Bonchev–Trinajstić information content (AvgIpc) is 3.14. The molecule has 25 heavy (non-hydrogen) atoms. The van der Waals surface area contributed by atoms with Crippen molar-refractivity contribution in [3.05, 3.63) is 42.4 Å². The second kappa shape index (κ2) is 6.60. The van der Waals surface area contributed by atoms with E-state index in [0.29, 0.717) is 21.6 Å². The van der Waals surface area contributed by atoms with Crippen molar-refractivity contribution in [2.75, 3.05) is 0 Å². The maximum absolute atomic E-state index is 12.5. The first-order chi connectivity index (χ1) is 11.8. The van der Waals surface area contributed by atoms with Gasteiger partial charge in [-0.1, -0.05) is 0 Å². The van der Waals surface area contributed by atoms with Gasteiger partial charge in [0.15, 0.2) is 11.0 Å². The van der Waals surface area contributed by atoms with Crippen molar-refractivity contribution in [2.24, 2.45) is 7.05 Å². The molecular weight excluding hydrogens is 372 g/mol. The number of nitrogens with zero attached hydrogens (tertiary/aromatic N) is 3. The van der Waals surface area contributed by atoms with Gasteiger partial charge in [0.05, 0.1) is 16.7 Å². The molecule has 3 rings (SSSR count). The number of hydrogen-bond donors (Lipinski definition) is 0. The zero-order valence-corrected chi connectivity index (χ0v) is 14.8. The minimum atomic E-state index is -4.59. The maximum atomic E-state index is 12.5. The number of hydrogen-bond acceptors (Lipinski definition) is 6. The average molecular weight is 385 g/mol. The summed E-state index contributed by atoms with van der Waals surface area (Å²) in [7, 11) is -2.80. The van der Waals surface area contributed by atoms with Gasteiger partial charge in [-0.2, -0.15) is 8.78 Å². The molecule has 0 N–H and O–H groups in total. The summed E-state index contributed by atoms with van der Waals surface area (Å²) in [6.07, 6.45) is 1.56. The van der Waals surface area contributed by atoms with Gasteiger partial charge in [0.2, 0.25) is 9.84 Å². The second-order valence-corrected chi connectivity index (χ2v) is 8.09. The molecule has 0 atom stereocenters. The van der Waals surface area contributed by atoms with Crippen LogP contribution in [0.2, 0.25) is 0 Å². The molecule has 2 aromatic heterocycles. The lowest BCUT2D eigenvalue weighted by atomic mass is 10.2. The van der Waals surface area contributed by atoms with E-state index >= 15 is 0 Å². The van der Waals surface area contributed by atoms with Crippen LogP contribution >= 0.6 is 11.8 Å². The van der Waals surface area contributed by atoms with Crippen LogP contribution in [-0.2, 0) is 16.9 Å². The van der Waals surface area contributed by atoms with Gasteiger partial charge < -0.3 is 8.98 Å². The maximum Gasteiger partial charge on any atom is 0.341 e. The van der Waals surface area contributed by atoms with E-state index < -0.39 is 20.5 Å². The Labute approximate surface area is 146 Å². The van der Waals surface area contributed by atoms with E-state index in [0.717, 1.165) is 17.7 Å². The van der Waals surface area contributed by atoms with Crippen molar-refractivity contribution in [1.29, 1.82) is 0 Å². The smallest absolute Gasteiger partial charge is 0.341 e. The van der Waals surface area contributed by atoms with Crippen molar-refractivity contribution < 1.29 is 21.6 Å². The molecule has 0 aliphatic heterocycles. The number of alkyl halides is 2. The Morgan fingerprint density at radius 1 is 1.16 bits per heavy atom. The van der Waals surface area contributed by atoms with Gasteiger partial charge in [-0.25, -0.2) is 8.42 Å². The van der Waals surface area contributed by atoms with Crippen LogP contribution in [0.15, 0.2) is 56.0 Å². The Balaban J connectivity index is 1.85. The zero-order chi connectivity index (χ0) is 18.2. The Morgan fingerprint density at radius 3 is 2.40 bits per heavy atom. The standard InChI is InChI=1S/C15H13F2N3O3S2/c1-9-12(7-8-23-9)13-18-19-15(20(13)2)24-10-3-5-11(6-4-10)25(21,22)14(16)17/h3-8,14H,1-2H3. The quantitative estimate of drug-likeness (QED) is 0.669. The van der Waals surface area contributed by atoms with E-state index in [1.807, 2.05) is 6.92 Å². The molecule has 0 aliphatic carbocycles. The minimum Gasteiger partial charge on any atom is -0.469 e. The lowest BCUT2D eigenvalue weighted by Gasteiger charge is -2.05. The Kier molecular flexibility index (Phi) is 4.65. The number of aryl methyl sites for hydroxylation is 1. The highest BCUT2D eigenvalue weighted by molar-refractivity contribution is 7.99. The molecule has 2 heterocycles. The molecule has 0 radical (unpaired) electrons. The largest absolute Gasteiger partial charge is 0.469 e. The number of benzene rings is 1. The first-order valence-corrected chi connectivity index (χ1v) is 9.41. The predicted octanol–water partition coefficient (Wildman–Crippen LogP) is 3.53. The highest BCUT2D eigenvalue weighted by Gasteiger charge is 2.26. The number of halogens is 2. The molecule has 6 nitrogen and oxygen atoms in total. The SMILES string of the molecule is Cc1occc1-c1nnc(Sc2ccc(S(=O)(=O)C(F)F)cc2)n1C. The van der Waals surface area contributed by atoms with Crippen molar-refractivity contribution in [1.82, 2.24) is 14.8 Å². The summed E-state index contributed by atoms with van der Waals surface area (Å²) in [6.45, 7) is 1.82. The Morgan fingerprint density at radius 2 is 1.84 bits per heavy atom. The van der Waals surface area contributed by atoms with Crippen molar-refractivity contribution in [3.8, 4) is 11.4 Å². The van der Waals surface area contributed by atoms with Crippen LogP contribution in [0.3, 0.4) is 0 Å². The third-order valence-electron chi connectivity index (χ3n) is 3.53. The van der Waals surface area contributed by atoms with Crippen LogP contribution in [0.25, 0.3) is 11.4 Å². The van der Waals surface area contributed by atoms with Crippen LogP contribution < -0.4 is 0 Å². The summed E-state index contributed by atoms with van der Waals surface area (Å²) in [4.78, 5) is 0.235. The van der Waals surface area contributed by atoms with E-state index in [1.165, 1.54) is 23.9 Å². The van der Waals surface area contributed by atoms with Gasteiger partial charge in [-0.05, 0) is 49.0 Å². The number of sulfone groups is 1. The van der Waals surface area contributed by atoms with Crippen molar-refractivity contribution >= 4 is 21.6 Å². The molecule has 132 valence electrons. The molecule has 0 amide bonds. The van der Waals surface area contributed by atoms with Gasteiger partial charge in [0.1, 0.15) is 5.76 Å². The number of aromatic nitrogens is 3. The number of rotatable bonds is 5. The van der Waals surface area contributed by atoms with Crippen LogP contribution in [0.5, 0.6) is 0 Å². The van der Waals surface area contributed by atoms with Gasteiger partial charge in [-0.3, -0.25) is 0 Å². The molecule has 0 fully saturated rings. The van der Waals surface area contributed by atoms with Gasteiger partial charge in [-0.15, -0.1) is 10.2 Å². The van der Waals surface area contributed by atoms with E-state index in [1.54, 1.807) is 23.9 Å². The predicted molar refractivity (Wildman–Crippen MR) is 87.2 cm³/mol. The molecule has 0 spiro atoms. The summed E-state index contributed by atoms with van der Waals surface area (Å²) in [5.74, 6) is -2.09. The summed E-state index contributed by atoms with van der Waals surface area (Å²) in [5, 5.41) is 8.81. The molecule has 0 saturated heterocycles. The number of furan rings is 1. The molecule has 0 unspecified atom stereocenters. The van der Waals surface area contributed by atoms with Gasteiger partial charge in [0.25, 0.3) is 0 Å². The van der Waals surface area contributed by atoms with E-state index in [-0.39, 0.29) is 0 Å². The third kappa shape index (κ3) is 3.31. The summed E-state index contributed by atoms with van der Waals surface area (Å²) in [5.41, 5.74) is 0.820. The van der Waals surface area contributed by atoms with Gasteiger partial charge >= 0.3 is 5.76 Å². The van der Waals surface area contributed by atoms with E-state index in [2.05, 4.69) is 10.2 Å². The monoisotopic (exact) mass is 385 g/mol. The third-order valence-corrected chi connectivity index (χ3v) is 5.97. The Hall–Kier alpha value is -2.20. The molecule has 10 heteroatoms. The van der Waals surface area contributed by atoms with E-state index in [9.17, 15) is 17.2 Å². The Bertz CT molecular complexity index is 995.